The van der Waals surface area contributed by atoms with Crippen LogP contribution in [0.5, 0.6) is 5.75 Å². The summed E-state index contributed by atoms with van der Waals surface area (Å²) in [6.45, 7) is 6.12. The first-order chi connectivity index (χ1) is 9.74. The summed E-state index contributed by atoms with van der Waals surface area (Å²) in [5.74, 6) is 1.68. The largest absolute Gasteiger partial charge is 0.483 e. The summed E-state index contributed by atoms with van der Waals surface area (Å²) in [5.41, 5.74) is 1.16. The van der Waals surface area contributed by atoms with Crippen LogP contribution >= 0.6 is 0 Å². The van der Waals surface area contributed by atoms with Crippen LogP contribution in [0, 0.1) is 5.92 Å². The number of carbonyl (C=O) groups is 1. The zero-order valence-electron chi connectivity index (χ0n) is 12.6. The molecule has 1 fully saturated rings. The molecule has 0 N–H and O–H groups in total. The topological polar surface area (TPSA) is 29.5 Å². The molecule has 1 aliphatic rings. The lowest BCUT2D eigenvalue weighted by molar-refractivity contribution is -0.133. The third-order valence-electron chi connectivity index (χ3n) is 3.73. The second-order valence-electron chi connectivity index (χ2n) is 5.53. The Bertz CT molecular complexity index is 440. The Labute approximate surface area is 121 Å². The normalized spacial score (nSPS) is 14.1. The van der Waals surface area contributed by atoms with E-state index in [1.54, 1.807) is 0 Å². The standard InChI is InChI=1S/C17H25NO2/c1-3-11-18(12-14-9-10-14)17(19)13-20-16-8-6-5-7-15(16)4-2/h5-8,14H,3-4,9-13H2,1-2H3. The first-order valence-electron chi connectivity index (χ1n) is 7.73. The summed E-state index contributed by atoms with van der Waals surface area (Å²) in [5, 5.41) is 0. The van der Waals surface area contributed by atoms with E-state index in [2.05, 4.69) is 13.8 Å². The van der Waals surface area contributed by atoms with Crippen LogP contribution in [0.2, 0.25) is 0 Å². The van der Waals surface area contributed by atoms with Gasteiger partial charge in [-0.1, -0.05) is 32.0 Å². The molecule has 0 aromatic heterocycles. The number of ether oxygens (including phenoxy) is 1. The van der Waals surface area contributed by atoms with Gasteiger partial charge in [0.2, 0.25) is 0 Å². The van der Waals surface area contributed by atoms with Crippen LogP contribution in [-0.4, -0.2) is 30.5 Å². The zero-order valence-corrected chi connectivity index (χ0v) is 12.6. The third kappa shape index (κ3) is 4.26. The molecule has 1 aromatic rings. The van der Waals surface area contributed by atoms with Crippen molar-refractivity contribution in [3.8, 4) is 5.75 Å². The second-order valence-corrected chi connectivity index (χ2v) is 5.53. The predicted molar refractivity (Wildman–Crippen MR) is 80.9 cm³/mol. The van der Waals surface area contributed by atoms with Crippen LogP contribution in [0.3, 0.4) is 0 Å². The molecular formula is C17H25NO2. The molecule has 2 rings (SSSR count). The molecule has 0 heterocycles. The maximum Gasteiger partial charge on any atom is 0.260 e. The number of aryl methyl sites for hydroxylation is 1. The van der Waals surface area contributed by atoms with Gasteiger partial charge >= 0.3 is 0 Å². The number of amides is 1. The molecule has 3 nitrogen and oxygen atoms in total. The smallest absolute Gasteiger partial charge is 0.260 e. The van der Waals surface area contributed by atoms with Crippen molar-refractivity contribution < 1.29 is 9.53 Å². The van der Waals surface area contributed by atoms with Gasteiger partial charge in [0.15, 0.2) is 6.61 Å². The SMILES string of the molecule is CCCN(CC1CC1)C(=O)COc1ccccc1CC. The van der Waals surface area contributed by atoms with Gasteiger partial charge in [-0.15, -0.1) is 0 Å². The Morgan fingerprint density at radius 2 is 2.05 bits per heavy atom. The van der Waals surface area contributed by atoms with Gasteiger partial charge < -0.3 is 9.64 Å². The predicted octanol–water partition coefficient (Wildman–Crippen LogP) is 3.28. The van der Waals surface area contributed by atoms with E-state index in [0.717, 1.165) is 43.2 Å². The summed E-state index contributed by atoms with van der Waals surface area (Å²) >= 11 is 0. The molecule has 0 atom stereocenters. The summed E-state index contributed by atoms with van der Waals surface area (Å²) in [7, 11) is 0. The summed E-state index contributed by atoms with van der Waals surface area (Å²) in [6, 6.07) is 7.95. The summed E-state index contributed by atoms with van der Waals surface area (Å²) in [6.07, 6.45) is 4.47. The van der Waals surface area contributed by atoms with E-state index in [0.29, 0.717) is 0 Å². The highest BCUT2D eigenvalue weighted by atomic mass is 16.5. The van der Waals surface area contributed by atoms with E-state index in [1.165, 1.54) is 12.8 Å². The molecule has 1 aromatic carbocycles. The average molecular weight is 275 g/mol. The van der Waals surface area contributed by atoms with Crippen molar-refractivity contribution in [1.29, 1.82) is 0 Å². The van der Waals surface area contributed by atoms with Crippen LogP contribution < -0.4 is 4.74 Å². The van der Waals surface area contributed by atoms with E-state index in [9.17, 15) is 4.79 Å². The van der Waals surface area contributed by atoms with E-state index in [4.69, 9.17) is 4.74 Å². The van der Waals surface area contributed by atoms with Crippen molar-refractivity contribution >= 4 is 5.91 Å². The minimum Gasteiger partial charge on any atom is -0.483 e. The molecule has 1 amide bonds. The highest BCUT2D eigenvalue weighted by Crippen LogP contribution is 2.29. The quantitative estimate of drug-likeness (QED) is 0.728. The number of rotatable bonds is 8. The number of benzene rings is 1. The molecule has 1 saturated carbocycles. The Kier molecular flexibility index (Phi) is 5.45. The van der Waals surface area contributed by atoms with Gasteiger partial charge in [0, 0.05) is 13.1 Å². The molecule has 3 heteroatoms. The fourth-order valence-corrected chi connectivity index (χ4v) is 2.37. The van der Waals surface area contributed by atoms with Crippen molar-refractivity contribution in [3.63, 3.8) is 0 Å². The van der Waals surface area contributed by atoms with Crippen molar-refractivity contribution in [2.24, 2.45) is 5.92 Å². The van der Waals surface area contributed by atoms with Crippen LogP contribution in [0.4, 0.5) is 0 Å². The number of para-hydroxylation sites is 1. The van der Waals surface area contributed by atoms with E-state index >= 15 is 0 Å². The van der Waals surface area contributed by atoms with Crippen molar-refractivity contribution in [2.45, 2.75) is 39.5 Å². The van der Waals surface area contributed by atoms with Crippen molar-refractivity contribution in [3.05, 3.63) is 29.8 Å². The third-order valence-corrected chi connectivity index (χ3v) is 3.73. The monoisotopic (exact) mass is 275 g/mol. The Balaban J connectivity index is 1.88. The number of carbonyl (C=O) groups excluding carboxylic acids is 1. The van der Waals surface area contributed by atoms with E-state index < -0.39 is 0 Å². The minimum absolute atomic E-state index is 0.115. The maximum atomic E-state index is 12.3. The first kappa shape index (κ1) is 14.9. The molecule has 0 unspecified atom stereocenters. The van der Waals surface area contributed by atoms with Gasteiger partial charge in [-0.2, -0.15) is 0 Å². The van der Waals surface area contributed by atoms with E-state index in [1.807, 2.05) is 29.2 Å². The lowest BCUT2D eigenvalue weighted by Gasteiger charge is -2.22. The fourth-order valence-electron chi connectivity index (χ4n) is 2.37. The molecule has 110 valence electrons. The highest BCUT2D eigenvalue weighted by molar-refractivity contribution is 5.77. The lowest BCUT2D eigenvalue weighted by atomic mass is 10.1. The Morgan fingerprint density at radius 1 is 1.30 bits per heavy atom. The summed E-state index contributed by atoms with van der Waals surface area (Å²) < 4.78 is 5.73. The van der Waals surface area contributed by atoms with Gasteiger partial charge in [0.25, 0.3) is 5.91 Å². The Morgan fingerprint density at radius 3 is 2.70 bits per heavy atom. The van der Waals surface area contributed by atoms with Crippen LogP contribution in [0.15, 0.2) is 24.3 Å². The van der Waals surface area contributed by atoms with Crippen LogP contribution in [0.25, 0.3) is 0 Å². The second kappa shape index (κ2) is 7.32. The fraction of sp³-hybridized carbons (Fsp3) is 0.588. The summed E-state index contributed by atoms with van der Waals surface area (Å²) in [4.78, 5) is 14.2. The first-order valence-corrected chi connectivity index (χ1v) is 7.73. The van der Waals surface area contributed by atoms with E-state index in [-0.39, 0.29) is 12.5 Å². The molecule has 20 heavy (non-hydrogen) atoms. The molecule has 0 spiro atoms. The van der Waals surface area contributed by atoms with Gasteiger partial charge in [0.1, 0.15) is 5.75 Å². The van der Waals surface area contributed by atoms with Gasteiger partial charge in [-0.05, 0) is 43.2 Å². The van der Waals surface area contributed by atoms with Gasteiger partial charge in [-0.3, -0.25) is 4.79 Å². The molecule has 0 radical (unpaired) electrons. The highest BCUT2D eigenvalue weighted by Gasteiger charge is 2.26. The number of nitrogens with zero attached hydrogens (tertiary/aromatic N) is 1. The molecular weight excluding hydrogens is 250 g/mol. The minimum atomic E-state index is 0.115. The van der Waals surface area contributed by atoms with Crippen LogP contribution in [0.1, 0.15) is 38.7 Å². The van der Waals surface area contributed by atoms with Crippen molar-refractivity contribution in [1.82, 2.24) is 4.90 Å². The molecule has 0 aliphatic heterocycles. The number of hydrogen-bond donors (Lipinski definition) is 0. The average Bonchev–Trinajstić information content (AvgIpc) is 3.28. The molecule has 1 aliphatic carbocycles. The van der Waals surface area contributed by atoms with Gasteiger partial charge in [0.05, 0.1) is 0 Å². The van der Waals surface area contributed by atoms with Gasteiger partial charge in [-0.25, -0.2) is 0 Å². The molecule has 0 saturated heterocycles. The van der Waals surface area contributed by atoms with Crippen LogP contribution in [-0.2, 0) is 11.2 Å². The van der Waals surface area contributed by atoms with Crippen molar-refractivity contribution in [2.75, 3.05) is 19.7 Å². The lowest BCUT2D eigenvalue weighted by Crippen LogP contribution is -2.37. The number of hydrogen-bond acceptors (Lipinski definition) is 2. The maximum absolute atomic E-state index is 12.3. The Hall–Kier alpha value is -1.51. The molecule has 0 bridgehead atoms. The zero-order chi connectivity index (χ0) is 14.4.